The molecule has 1 atom stereocenters. The second-order valence-corrected chi connectivity index (χ2v) is 6.44. The maximum Gasteiger partial charge on any atom is 0.146 e. The van der Waals surface area contributed by atoms with E-state index in [4.69, 9.17) is 0 Å². The third kappa shape index (κ3) is 3.89. The van der Waals surface area contributed by atoms with E-state index in [0.717, 1.165) is 32.1 Å². The minimum atomic E-state index is -0.276. The predicted molar refractivity (Wildman–Crippen MR) is 72.9 cm³/mol. The van der Waals surface area contributed by atoms with Crippen molar-refractivity contribution in [2.75, 3.05) is 0 Å². The Balaban J connectivity index is 2.54. The summed E-state index contributed by atoms with van der Waals surface area (Å²) in [4.78, 5) is 11.6. The van der Waals surface area contributed by atoms with Crippen molar-refractivity contribution >= 4 is 21.7 Å². The molecule has 1 aliphatic carbocycles. The second-order valence-electron chi connectivity index (χ2n) is 4.92. The van der Waals surface area contributed by atoms with Crippen molar-refractivity contribution in [2.45, 2.75) is 57.2 Å². The monoisotopic (exact) mass is 284 g/mol. The summed E-state index contributed by atoms with van der Waals surface area (Å²) in [5.41, 5.74) is 2.80. The summed E-state index contributed by atoms with van der Waals surface area (Å²) in [5.74, 6) is 0.264. The highest BCUT2D eigenvalue weighted by atomic mass is 79.9. The maximum absolute atomic E-state index is 11.6. The summed E-state index contributed by atoms with van der Waals surface area (Å²) in [5, 5.41) is 0. The Kier molecular flexibility index (Phi) is 4.97. The average Bonchev–Trinajstić information content (AvgIpc) is 2.17. The fourth-order valence-corrected chi connectivity index (χ4v) is 2.65. The van der Waals surface area contributed by atoms with E-state index in [-0.39, 0.29) is 10.1 Å². The molecule has 0 bridgehead atoms. The van der Waals surface area contributed by atoms with Crippen LogP contribution in [0, 0.1) is 0 Å². The lowest BCUT2D eigenvalue weighted by Crippen LogP contribution is -2.32. The standard InChI is InChI=1S/C14H21BrO/c1-11(2)6-4-7-13-8-5-9-14(15,10-13)12(3)16/h6,8H,4-5,7,9-10H2,1-3H3. The summed E-state index contributed by atoms with van der Waals surface area (Å²) in [6.45, 7) is 5.94. The van der Waals surface area contributed by atoms with E-state index < -0.39 is 0 Å². The van der Waals surface area contributed by atoms with Crippen molar-refractivity contribution in [3.63, 3.8) is 0 Å². The first-order valence-corrected chi connectivity index (χ1v) is 6.74. The average molecular weight is 285 g/mol. The lowest BCUT2D eigenvalue weighted by Gasteiger charge is -2.29. The highest BCUT2D eigenvalue weighted by Gasteiger charge is 2.34. The minimum absolute atomic E-state index is 0.264. The van der Waals surface area contributed by atoms with Crippen LogP contribution in [0.5, 0.6) is 0 Å². The molecule has 2 heteroatoms. The Hall–Kier alpha value is -0.370. The lowest BCUT2D eigenvalue weighted by molar-refractivity contribution is -0.119. The van der Waals surface area contributed by atoms with Crippen LogP contribution < -0.4 is 0 Å². The van der Waals surface area contributed by atoms with Gasteiger partial charge in [0, 0.05) is 0 Å². The Labute approximate surface area is 107 Å². The summed E-state index contributed by atoms with van der Waals surface area (Å²) >= 11 is 3.62. The number of hydrogen-bond donors (Lipinski definition) is 0. The maximum atomic E-state index is 11.6. The van der Waals surface area contributed by atoms with Crippen LogP contribution in [0.2, 0.25) is 0 Å². The highest BCUT2D eigenvalue weighted by Crippen LogP contribution is 2.38. The van der Waals surface area contributed by atoms with Crippen LogP contribution in [0.3, 0.4) is 0 Å². The van der Waals surface area contributed by atoms with E-state index in [2.05, 4.69) is 41.9 Å². The number of alkyl halides is 1. The van der Waals surface area contributed by atoms with Gasteiger partial charge in [0.05, 0.1) is 4.32 Å². The normalized spacial score (nSPS) is 24.9. The van der Waals surface area contributed by atoms with Crippen LogP contribution in [-0.2, 0) is 4.79 Å². The number of carbonyl (C=O) groups excluding carboxylic acids is 1. The molecule has 16 heavy (non-hydrogen) atoms. The first-order chi connectivity index (χ1) is 7.44. The second kappa shape index (κ2) is 5.81. The Morgan fingerprint density at radius 2 is 2.19 bits per heavy atom. The summed E-state index contributed by atoms with van der Waals surface area (Å²) in [6.07, 6.45) is 9.60. The van der Waals surface area contributed by atoms with E-state index in [1.54, 1.807) is 6.92 Å². The zero-order chi connectivity index (χ0) is 12.2. The van der Waals surface area contributed by atoms with Crippen LogP contribution in [0.25, 0.3) is 0 Å². The van der Waals surface area contributed by atoms with Crippen LogP contribution in [0.1, 0.15) is 52.9 Å². The van der Waals surface area contributed by atoms with Crippen molar-refractivity contribution in [3.05, 3.63) is 23.3 Å². The molecule has 0 N–H and O–H groups in total. The molecule has 0 heterocycles. The first kappa shape index (κ1) is 13.7. The van der Waals surface area contributed by atoms with E-state index in [1.165, 1.54) is 11.1 Å². The molecule has 1 rings (SSSR count). The molecular formula is C14H21BrO. The van der Waals surface area contributed by atoms with Gasteiger partial charge in [0.2, 0.25) is 0 Å². The molecule has 0 spiro atoms. The van der Waals surface area contributed by atoms with E-state index >= 15 is 0 Å². The Morgan fingerprint density at radius 3 is 2.75 bits per heavy atom. The number of Topliss-reactive ketones (excluding diaryl/α,β-unsaturated/α-hetero) is 1. The van der Waals surface area contributed by atoms with E-state index in [9.17, 15) is 4.79 Å². The van der Waals surface area contributed by atoms with Gasteiger partial charge in [0.1, 0.15) is 5.78 Å². The third-order valence-corrected chi connectivity index (χ3v) is 4.37. The largest absolute Gasteiger partial charge is 0.298 e. The zero-order valence-corrected chi connectivity index (χ0v) is 12.1. The van der Waals surface area contributed by atoms with Gasteiger partial charge < -0.3 is 0 Å². The Bertz CT molecular complexity index is 324. The smallest absolute Gasteiger partial charge is 0.146 e. The Morgan fingerprint density at radius 1 is 1.50 bits per heavy atom. The van der Waals surface area contributed by atoms with Gasteiger partial charge in [-0.3, -0.25) is 4.79 Å². The van der Waals surface area contributed by atoms with Crippen LogP contribution in [-0.4, -0.2) is 10.1 Å². The molecule has 0 aromatic rings. The molecule has 90 valence electrons. The van der Waals surface area contributed by atoms with Crippen molar-refractivity contribution < 1.29 is 4.79 Å². The highest BCUT2D eigenvalue weighted by molar-refractivity contribution is 9.10. The fourth-order valence-electron chi connectivity index (χ4n) is 2.06. The molecule has 0 aromatic carbocycles. The van der Waals surface area contributed by atoms with Crippen molar-refractivity contribution in [1.82, 2.24) is 0 Å². The number of hydrogen-bond acceptors (Lipinski definition) is 1. The first-order valence-electron chi connectivity index (χ1n) is 5.95. The fraction of sp³-hybridized carbons (Fsp3) is 0.643. The van der Waals surface area contributed by atoms with Crippen LogP contribution in [0.4, 0.5) is 0 Å². The molecule has 0 saturated carbocycles. The SMILES string of the molecule is CC(=O)C1(Br)CCC=C(CCC=C(C)C)C1. The third-order valence-electron chi connectivity index (χ3n) is 3.13. The van der Waals surface area contributed by atoms with Gasteiger partial charge in [0.25, 0.3) is 0 Å². The number of ketones is 1. The number of allylic oxidation sites excluding steroid dienone is 4. The summed E-state index contributed by atoms with van der Waals surface area (Å²) in [7, 11) is 0. The van der Waals surface area contributed by atoms with Gasteiger partial charge >= 0.3 is 0 Å². The van der Waals surface area contributed by atoms with Crippen molar-refractivity contribution in [2.24, 2.45) is 0 Å². The molecule has 1 nitrogen and oxygen atoms in total. The van der Waals surface area contributed by atoms with Gasteiger partial charge in [-0.05, 0) is 52.9 Å². The molecule has 0 aliphatic heterocycles. The number of rotatable bonds is 4. The van der Waals surface area contributed by atoms with E-state index in [0.29, 0.717) is 0 Å². The lowest BCUT2D eigenvalue weighted by atomic mass is 9.84. The molecular weight excluding hydrogens is 264 g/mol. The molecule has 0 amide bonds. The van der Waals surface area contributed by atoms with Crippen LogP contribution >= 0.6 is 15.9 Å². The zero-order valence-electron chi connectivity index (χ0n) is 10.5. The van der Waals surface area contributed by atoms with Gasteiger partial charge in [-0.25, -0.2) is 0 Å². The quantitative estimate of drug-likeness (QED) is 0.546. The number of carbonyl (C=O) groups is 1. The van der Waals surface area contributed by atoms with Gasteiger partial charge in [-0.1, -0.05) is 39.2 Å². The summed E-state index contributed by atoms with van der Waals surface area (Å²) < 4.78 is -0.276. The summed E-state index contributed by atoms with van der Waals surface area (Å²) in [6, 6.07) is 0. The van der Waals surface area contributed by atoms with Gasteiger partial charge in [-0.15, -0.1) is 0 Å². The topological polar surface area (TPSA) is 17.1 Å². The van der Waals surface area contributed by atoms with Crippen molar-refractivity contribution in [3.8, 4) is 0 Å². The van der Waals surface area contributed by atoms with Gasteiger partial charge in [-0.2, -0.15) is 0 Å². The molecule has 1 aliphatic rings. The molecule has 0 fully saturated rings. The molecule has 0 aromatic heterocycles. The minimum Gasteiger partial charge on any atom is -0.298 e. The molecule has 0 saturated heterocycles. The van der Waals surface area contributed by atoms with Crippen LogP contribution in [0.15, 0.2) is 23.3 Å². The molecule has 1 unspecified atom stereocenters. The van der Waals surface area contributed by atoms with E-state index in [1.807, 2.05) is 0 Å². The number of halogens is 1. The predicted octanol–water partition coefficient (Wildman–Crippen LogP) is 4.57. The van der Waals surface area contributed by atoms with Gasteiger partial charge in [0.15, 0.2) is 0 Å². The molecule has 0 radical (unpaired) electrons. The van der Waals surface area contributed by atoms with Crippen molar-refractivity contribution in [1.29, 1.82) is 0 Å².